The van der Waals surface area contributed by atoms with Gasteiger partial charge in [-0.1, -0.05) is 0 Å². The molecule has 0 amide bonds. The summed E-state index contributed by atoms with van der Waals surface area (Å²) < 4.78 is 1.89. The van der Waals surface area contributed by atoms with E-state index in [0.29, 0.717) is 18.8 Å². The van der Waals surface area contributed by atoms with Crippen LogP contribution in [0.4, 0.5) is 17.3 Å². The minimum absolute atomic E-state index is 0.0937. The Bertz CT molecular complexity index is 611. The predicted octanol–water partition coefficient (Wildman–Crippen LogP) is 0.663. The maximum absolute atomic E-state index is 10.9. The van der Waals surface area contributed by atoms with Crippen LogP contribution >= 0.6 is 0 Å². The Hall–Kier alpha value is -2.68. The first-order valence-electron chi connectivity index (χ1n) is 5.94. The Morgan fingerprint density at radius 1 is 1.50 bits per heavy atom. The van der Waals surface area contributed by atoms with E-state index in [0.717, 1.165) is 5.82 Å². The lowest BCUT2D eigenvalue weighted by molar-refractivity contribution is -0.384. The van der Waals surface area contributed by atoms with E-state index in [4.69, 9.17) is 5.84 Å². The van der Waals surface area contributed by atoms with E-state index < -0.39 is 4.92 Å². The van der Waals surface area contributed by atoms with Crippen molar-refractivity contribution in [1.82, 2.24) is 14.5 Å². The standard InChI is InChI=1S/C11H15N7O2/c1-17-7-6-13-10(17)4-5-14-11-8(18(19)20)2-3-9(15-11)16-12/h2-3,6-7H,4-5,12H2,1H3,(H2,14,15,16). The van der Waals surface area contributed by atoms with E-state index in [1.807, 2.05) is 17.8 Å². The Morgan fingerprint density at radius 2 is 2.30 bits per heavy atom. The summed E-state index contributed by atoms with van der Waals surface area (Å²) in [6.45, 7) is 0.479. The summed E-state index contributed by atoms with van der Waals surface area (Å²) in [5.41, 5.74) is 2.26. The van der Waals surface area contributed by atoms with E-state index in [9.17, 15) is 10.1 Å². The molecule has 9 nitrogen and oxygen atoms in total. The van der Waals surface area contributed by atoms with Crippen LogP contribution < -0.4 is 16.6 Å². The molecule has 2 aromatic heterocycles. The number of imidazole rings is 1. The van der Waals surface area contributed by atoms with Crippen molar-refractivity contribution in [2.45, 2.75) is 6.42 Å². The largest absolute Gasteiger partial charge is 0.364 e. The fraction of sp³-hybridized carbons (Fsp3) is 0.273. The number of aromatic nitrogens is 3. The fourth-order valence-electron chi connectivity index (χ4n) is 1.74. The summed E-state index contributed by atoms with van der Waals surface area (Å²) in [7, 11) is 1.89. The molecule has 9 heteroatoms. The van der Waals surface area contributed by atoms with Crippen molar-refractivity contribution in [3.8, 4) is 0 Å². The summed E-state index contributed by atoms with van der Waals surface area (Å²) >= 11 is 0. The highest BCUT2D eigenvalue weighted by Gasteiger charge is 2.15. The lowest BCUT2D eigenvalue weighted by Gasteiger charge is -2.08. The molecule has 0 saturated carbocycles. The van der Waals surface area contributed by atoms with E-state index in [1.54, 1.807) is 6.20 Å². The van der Waals surface area contributed by atoms with Crippen molar-refractivity contribution in [1.29, 1.82) is 0 Å². The lowest BCUT2D eigenvalue weighted by Crippen LogP contribution is -2.13. The van der Waals surface area contributed by atoms with Crippen LogP contribution in [0.1, 0.15) is 5.82 Å². The summed E-state index contributed by atoms with van der Waals surface area (Å²) in [6.07, 6.45) is 4.17. The minimum atomic E-state index is -0.490. The number of hydrogen-bond acceptors (Lipinski definition) is 7. The summed E-state index contributed by atoms with van der Waals surface area (Å²) in [6, 6.07) is 2.80. The van der Waals surface area contributed by atoms with Crippen LogP contribution in [0.25, 0.3) is 0 Å². The zero-order valence-corrected chi connectivity index (χ0v) is 10.9. The van der Waals surface area contributed by atoms with Gasteiger partial charge in [-0.25, -0.2) is 15.8 Å². The normalized spacial score (nSPS) is 10.3. The van der Waals surface area contributed by atoms with E-state index in [1.165, 1.54) is 12.1 Å². The second-order valence-corrected chi connectivity index (χ2v) is 4.10. The molecule has 4 N–H and O–H groups in total. The average molecular weight is 277 g/mol. The van der Waals surface area contributed by atoms with Gasteiger partial charge in [-0.3, -0.25) is 10.1 Å². The van der Waals surface area contributed by atoms with Crippen LogP contribution in [0.2, 0.25) is 0 Å². The third-order valence-electron chi connectivity index (χ3n) is 2.78. The van der Waals surface area contributed by atoms with Crippen LogP contribution in [-0.4, -0.2) is 26.0 Å². The molecule has 0 atom stereocenters. The highest BCUT2D eigenvalue weighted by molar-refractivity contribution is 5.59. The van der Waals surface area contributed by atoms with Crippen LogP contribution in [0, 0.1) is 10.1 Å². The number of rotatable bonds is 6. The predicted molar refractivity (Wildman–Crippen MR) is 74.1 cm³/mol. The van der Waals surface area contributed by atoms with Crippen LogP contribution in [0.15, 0.2) is 24.5 Å². The van der Waals surface area contributed by atoms with Gasteiger partial charge in [0.1, 0.15) is 11.6 Å². The van der Waals surface area contributed by atoms with Crippen LogP contribution in [0.5, 0.6) is 0 Å². The van der Waals surface area contributed by atoms with Crippen molar-refractivity contribution in [2.75, 3.05) is 17.3 Å². The number of nitro groups is 1. The molecule has 0 aromatic carbocycles. The number of anilines is 2. The summed E-state index contributed by atoms with van der Waals surface area (Å²) in [5, 5.41) is 13.9. The van der Waals surface area contributed by atoms with Gasteiger partial charge in [-0.05, 0) is 6.07 Å². The molecule has 0 radical (unpaired) electrons. The number of hydrogen-bond donors (Lipinski definition) is 3. The Balaban J connectivity index is 2.07. The number of nitrogen functional groups attached to an aromatic ring is 1. The third kappa shape index (κ3) is 3.01. The Kier molecular flexibility index (Phi) is 4.11. The monoisotopic (exact) mass is 277 g/mol. The van der Waals surface area contributed by atoms with Gasteiger partial charge in [0, 0.05) is 38.5 Å². The Morgan fingerprint density at radius 3 is 2.90 bits per heavy atom. The highest BCUT2D eigenvalue weighted by atomic mass is 16.6. The third-order valence-corrected chi connectivity index (χ3v) is 2.78. The van der Waals surface area contributed by atoms with Crippen LogP contribution in [0.3, 0.4) is 0 Å². The first-order valence-corrected chi connectivity index (χ1v) is 5.94. The molecule has 0 aliphatic rings. The summed E-state index contributed by atoms with van der Waals surface area (Å²) in [4.78, 5) is 18.6. The zero-order valence-electron chi connectivity index (χ0n) is 10.9. The molecule has 2 heterocycles. The molecule has 0 spiro atoms. The van der Waals surface area contributed by atoms with Crippen molar-refractivity contribution < 1.29 is 4.92 Å². The number of nitrogens with one attached hydrogen (secondary N) is 2. The molecule has 106 valence electrons. The van der Waals surface area contributed by atoms with Gasteiger partial charge >= 0.3 is 5.69 Å². The zero-order chi connectivity index (χ0) is 14.5. The highest BCUT2D eigenvalue weighted by Crippen LogP contribution is 2.23. The maximum Gasteiger partial charge on any atom is 0.311 e. The van der Waals surface area contributed by atoms with Crippen molar-refractivity contribution in [3.05, 3.63) is 40.5 Å². The van der Waals surface area contributed by atoms with E-state index in [2.05, 4.69) is 20.7 Å². The molecule has 0 saturated heterocycles. The maximum atomic E-state index is 10.9. The SMILES string of the molecule is Cn1ccnc1CCNc1nc(NN)ccc1[N+](=O)[O-]. The molecule has 0 aliphatic carbocycles. The van der Waals surface area contributed by atoms with Crippen molar-refractivity contribution >= 4 is 17.3 Å². The first kappa shape index (κ1) is 13.7. The molecule has 2 aromatic rings. The summed E-state index contributed by atoms with van der Waals surface area (Å²) in [5.74, 6) is 6.67. The number of nitrogens with two attached hydrogens (primary N) is 1. The molecule has 0 aliphatic heterocycles. The Labute approximate surface area is 115 Å². The first-order chi connectivity index (χ1) is 9.61. The molecule has 0 bridgehead atoms. The quantitative estimate of drug-likeness (QED) is 0.402. The molecule has 0 unspecified atom stereocenters. The smallest absolute Gasteiger partial charge is 0.311 e. The number of aryl methyl sites for hydroxylation is 1. The number of nitrogens with zero attached hydrogens (tertiary/aromatic N) is 4. The van der Waals surface area contributed by atoms with Gasteiger partial charge in [0.25, 0.3) is 0 Å². The van der Waals surface area contributed by atoms with Gasteiger partial charge in [-0.2, -0.15) is 0 Å². The lowest BCUT2D eigenvalue weighted by atomic mass is 10.3. The van der Waals surface area contributed by atoms with E-state index >= 15 is 0 Å². The molecular formula is C11H15N7O2. The number of hydrazine groups is 1. The van der Waals surface area contributed by atoms with Crippen molar-refractivity contribution in [3.63, 3.8) is 0 Å². The van der Waals surface area contributed by atoms with Gasteiger partial charge < -0.3 is 15.3 Å². The molecular weight excluding hydrogens is 262 g/mol. The minimum Gasteiger partial charge on any atom is -0.364 e. The fourth-order valence-corrected chi connectivity index (χ4v) is 1.74. The topological polar surface area (TPSA) is 124 Å². The van der Waals surface area contributed by atoms with Gasteiger partial charge in [0.15, 0.2) is 0 Å². The van der Waals surface area contributed by atoms with Gasteiger partial charge in [0.2, 0.25) is 5.82 Å². The van der Waals surface area contributed by atoms with Gasteiger partial charge in [0.05, 0.1) is 4.92 Å². The average Bonchev–Trinajstić information content (AvgIpc) is 2.84. The van der Waals surface area contributed by atoms with Crippen LogP contribution in [-0.2, 0) is 13.5 Å². The van der Waals surface area contributed by atoms with Crippen molar-refractivity contribution in [2.24, 2.45) is 12.9 Å². The second-order valence-electron chi connectivity index (χ2n) is 4.10. The number of pyridine rings is 1. The molecule has 0 fully saturated rings. The molecule has 20 heavy (non-hydrogen) atoms. The van der Waals surface area contributed by atoms with Gasteiger partial charge in [-0.15, -0.1) is 0 Å². The molecule has 2 rings (SSSR count). The van der Waals surface area contributed by atoms with E-state index in [-0.39, 0.29) is 11.5 Å². The second kappa shape index (κ2) is 5.97.